The highest BCUT2D eigenvalue weighted by Crippen LogP contribution is 2.40. The van der Waals surface area contributed by atoms with Crippen LogP contribution in [0.15, 0.2) is 84.6 Å². The Morgan fingerprint density at radius 1 is 0.812 bits per heavy atom. The Kier molecular flexibility index (Phi) is 5.94. The molecule has 0 aromatic heterocycles. The Bertz CT molecular complexity index is 1170. The fraction of sp³-hybridized carbons (Fsp3) is 0.154. The molecule has 0 atom stereocenters. The van der Waals surface area contributed by atoms with E-state index in [9.17, 15) is 9.59 Å². The summed E-state index contributed by atoms with van der Waals surface area (Å²) in [6, 6.07) is 24.1. The van der Waals surface area contributed by atoms with E-state index < -0.39 is 11.8 Å². The molecule has 0 spiro atoms. The van der Waals surface area contributed by atoms with Gasteiger partial charge in [0.15, 0.2) is 0 Å². The first-order valence-electron chi connectivity index (χ1n) is 10.2. The Labute approximate surface area is 187 Å². The normalized spacial score (nSPS) is 13.5. The van der Waals surface area contributed by atoms with Crippen LogP contribution in [0.1, 0.15) is 11.1 Å². The molecule has 4 rings (SSSR count). The molecule has 6 nitrogen and oxygen atoms in total. The summed E-state index contributed by atoms with van der Waals surface area (Å²) in [7, 11) is 4.86. The minimum absolute atomic E-state index is 0.343. The van der Waals surface area contributed by atoms with Crippen LogP contribution in [0.4, 0.5) is 5.69 Å². The second-order valence-corrected chi connectivity index (χ2v) is 7.41. The van der Waals surface area contributed by atoms with E-state index in [4.69, 9.17) is 9.47 Å². The Morgan fingerprint density at radius 2 is 1.47 bits per heavy atom. The maximum absolute atomic E-state index is 13.7. The third kappa shape index (κ3) is 3.83. The second-order valence-electron chi connectivity index (χ2n) is 7.41. The average Bonchev–Trinajstić information content (AvgIpc) is 3.09. The minimum atomic E-state index is -0.404. The van der Waals surface area contributed by atoms with Crippen molar-refractivity contribution in [2.24, 2.45) is 0 Å². The number of rotatable bonds is 7. The molecule has 3 aromatic rings. The lowest BCUT2D eigenvalue weighted by Crippen LogP contribution is -2.34. The van der Waals surface area contributed by atoms with E-state index in [-0.39, 0.29) is 0 Å². The summed E-state index contributed by atoms with van der Waals surface area (Å²) in [5.41, 5.74) is 2.77. The molecule has 0 N–H and O–H groups in total. The molecule has 0 radical (unpaired) electrons. The number of carbonyl (C=O) groups excluding carboxylic acids is 2. The topological polar surface area (TPSA) is 59.1 Å². The van der Waals surface area contributed by atoms with Crippen LogP contribution in [0.25, 0.3) is 5.57 Å². The van der Waals surface area contributed by atoms with Crippen molar-refractivity contribution in [1.82, 2.24) is 4.90 Å². The van der Waals surface area contributed by atoms with Crippen molar-refractivity contribution < 1.29 is 19.1 Å². The molecule has 0 bridgehead atoms. The zero-order valence-electron chi connectivity index (χ0n) is 18.2. The monoisotopic (exact) mass is 428 g/mol. The SMILES string of the molecule is COc1ccc(OC)c(N2C(=O)C(c3ccccc3)=C(N(C)Cc3ccccc3)C2=O)c1. The molecule has 0 aliphatic carbocycles. The predicted octanol–water partition coefficient (Wildman–Crippen LogP) is 4.12. The quantitative estimate of drug-likeness (QED) is 0.530. The van der Waals surface area contributed by atoms with Crippen molar-refractivity contribution in [3.63, 3.8) is 0 Å². The van der Waals surface area contributed by atoms with E-state index in [0.717, 1.165) is 5.56 Å². The van der Waals surface area contributed by atoms with Gasteiger partial charge in [0.05, 0.1) is 25.5 Å². The van der Waals surface area contributed by atoms with Crippen LogP contribution >= 0.6 is 0 Å². The van der Waals surface area contributed by atoms with Crippen LogP contribution in [0.2, 0.25) is 0 Å². The van der Waals surface area contributed by atoms with Gasteiger partial charge in [0.25, 0.3) is 11.8 Å². The molecule has 6 heteroatoms. The Hall–Kier alpha value is -4.06. The molecular weight excluding hydrogens is 404 g/mol. The number of benzene rings is 3. The molecule has 0 saturated carbocycles. The molecule has 1 heterocycles. The van der Waals surface area contributed by atoms with Crippen molar-refractivity contribution in [3.05, 3.63) is 95.7 Å². The summed E-state index contributed by atoms with van der Waals surface area (Å²) in [5, 5.41) is 0. The highest BCUT2D eigenvalue weighted by Gasteiger charge is 2.43. The lowest BCUT2D eigenvalue weighted by molar-refractivity contribution is -0.120. The zero-order chi connectivity index (χ0) is 22.7. The summed E-state index contributed by atoms with van der Waals surface area (Å²) < 4.78 is 10.8. The summed E-state index contributed by atoms with van der Waals surface area (Å²) >= 11 is 0. The number of nitrogens with zero attached hydrogens (tertiary/aromatic N) is 2. The van der Waals surface area contributed by atoms with E-state index in [2.05, 4.69) is 0 Å². The van der Waals surface area contributed by atoms with E-state index in [0.29, 0.717) is 40.6 Å². The van der Waals surface area contributed by atoms with Crippen LogP contribution in [0.3, 0.4) is 0 Å². The highest BCUT2D eigenvalue weighted by molar-refractivity contribution is 6.45. The first-order valence-corrected chi connectivity index (χ1v) is 10.2. The van der Waals surface area contributed by atoms with Crippen molar-refractivity contribution in [3.8, 4) is 11.5 Å². The molecule has 3 aromatic carbocycles. The van der Waals surface area contributed by atoms with Gasteiger partial charge in [-0.25, -0.2) is 4.90 Å². The smallest absolute Gasteiger partial charge is 0.282 e. The fourth-order valence-corrected chi connectivity index (χ4v) is 3.86. The van der Waals surface area contributed by atoms with E-state index >= 15 is 0 Å². The molecule has 32 heavy (non-hydrogen) atoms. The third-order valence-electron chi connectivity index (χ3n) is 5.39. The number of hydrogen-bond acceptors (Lipinski definition) is 5. The van der Waals surface area contributed by atoms with Gasteiger partial charge in [0.1, 0.15) is 17.2 Å². The number of likely N-dealkylation sites (N-methyl/N-ethyl adjacent to an activating group) is 1. The highest BCUT2D eigenvalue weighted by atomic mass is 16.5. The van der Waals surface area contributed by atoms with Gasteiger partial charge in [-0.1, -0.05) is 60.7 Å². The number of carbonyl (C=O) groups is 2. The van der Waals surface area contributed by atoms with Crippen LogP contribution < -0.4 is 14.4 Å². The Morgan fingerprint density at radius 3 is 2.09 bits per heavy atom. The standard InChI is InChI=1S/C26H24N2O4/c1-27(17-18-10-6-4-7-11-18)24-23(19-12-8-5-9-13-19)25(29)28(26(24)30)21-16-20(31-2)14-15-22(21)32-3/h4-16H,17H2,1-3H3. The molecule has 162 valence electrons. The van der Waals surface area contributed by atoms with Crippen LogP contribution in [0, 0.1) is 0 Å². The van der Waals surface area contributed by atoms with Crippen molar-refractivity contribution in [1.29, 1.82) is 0 Å². The van der Waals surface area contributed by atoms with Gasteiger partial charge in [-0.15, -0.1) is 0 Å². The van der Waals surface area contributed by atoms with Crippen LogP contribution in [-0.2, 0) is 16.1 Å². The average molecular weight is 428 g/mol. The summed E-state index contributed by atoms with van der Waals surface area (Å²) in [5.74, 6) is 0.127. The third-order valence-corrected chi connectivity index (χ3v) is 5.39. The van der Waals surface area contributed by atoms with Gasteiger partial charge in [0.2, 0.25) is 0 Å². The number of imide groups is 1. The van der Waals surface area contributed by atoms with Crippen molar-refractivity contribution in [2.45, 2.75) is 6.54 Å². The summed E-state index contributed by atoms with van der Waals surface area (Å²) in [4.78, 5) is 30.4. The number of anilines is 1. The first kappa shape index (κ1) is 21.2. The molecule has 0 unspecified atom stereocenters. The van der Waals surface area contributed by atoms with E-state index in [1.165, 1.54) is 19.1 Å². The molecule has 2 amide bonds. The zero-order valence-corrected chi connectivity index (χ0v) is 18.2. The molecule has 1 aliphatic heterocycles. The van der Waals surface area contributed by atoms with Gasteiger partial charge in [-0.2, -0.15) is 0 Å². The van der Waals surface area contributed by atoms with Gasteiger partial charge in [-0.3, -0.25) is 9.59 Å². The van der Waals surface area contributed by atoms with Gasteiger partial charge in [-0.05, 0) is 23.3 Å². The van der Waals surface area contributed by atoms with Gasteiger partial charge < -0.3 is 14.4 Å². The van der Waals surface area contributed by atoms with Crippen LogP contribution in [0.5, 0.6) is 11.5 Å². The number of amides is 2. The maximum Gasteiger partial charge on any atom is 0.282 e. The molecular formula is C26H24N2O4. The van der Waals surface area contributed by atoms with Gasteiger partial charge in [0, 0.05) is 19.7 Å². The van der Waals surface area contributed by atoms with E-state index in [1.54, 1.807) is 18.2 Å². The summed E-state index contributed by atoms with van der Waals surface area (Å²) in [6.45, 7) is 0.481. The lowest BCUT2D eigenvalue weighted by atomic mass is 10.0. The molecule has 1 aliphatic rings. The van der Waals surface area contributed by atoms with E-state index in [1.807, 2.05) is 72.6 Å². The second kappa shape index (κ2) is 8.98. The number of hydrogen-bond donors (Lipinski definition) is 0. The lowest BCUT2D eigenvalue weighted by Gasteiger charge is -2.22. The number of ether oxygens (including phenoxy) is 2. The molecule has 0 fully saturated rings. The number of methoxy groups -OCH3 is 2. The summed E-state index contributed by atoms with van der Waals surface area (Å²) in [6.07, 6.45) is 0. The van der Waals surface area contributed by atoms with Crippen molar-refractivity contribution in [2.75, 3.05) is 26.2 Å². The predicted molar refractivity (Wildman–Crippen MR) is 123 cm³/mol. The minimum Gasteiger partial charge on any atom is -0.497 e. The Balaban J connectivity index is 1.82. The van der Waals surface area contributed by atoms with Crippen molar-refractivity contribution >= 4 is 23.1 Å². The van der Waals surface area contributed by atoms with Crippen LogP contribution in [-0.4, -0.2) is 38.0 Å². The largest absolute Gasteiger partial charge is 0.497 e. The first-order chi connectivity index (χ1) is 15.5. The fourth-order valence-electron chi connectivity index (χ4n) is 3.86. The maximum atomic E-state index is 13.7. The molecule has 0 saturated heterocycles. The van der Waals surface area contributed by atoms with Gasteiger partial charge >= 0.3 is 0 Å².